The molecule has 2 heterocycles. The lowest BCUT2D eigenvalue weighted by Gasteiger charge is -2.17. The summed E-state index contributed by atoms with van der Waals surface area (Å²) in [6, 6.07) is 63.9. The first kappa shape index (κ1) is 37.4. The van der Waals surface area contributed by atoms with Gasteiger partial charge in [-0.2, -0.15) is 0 Å². The summed E-state index contributed by atoms with van der Waals surface area (Å²) in [7, 11) is -1.72. The third-order valence-corrected chi connectivity index (χ3v) is 15.1. The van der Waals surface area contributed by atoms with E-state index >= 15 is 0 Å². The molecule has 0 aliphatic carbocycles. The number of furan rings is 2. The molecule has 0 atom stereocenters. The maximum absolute atomic E-state index is 10.0. The molecule has 16 aromatic rings. The summed E-state index contributed by atoms with van der Waals surface area (Å²) in [6.07, 6.45) is 0. The second-order valence-corrected chi connectivity index (χ2v) is 19.9. The van der Waals surface area contributed by atoms with Crippen LogP contribution >= 0.6 is 15.9 Å². The molecule has 6 heteroatoms. The van der Waals surface area contributed by atoms with Crippen LogP contribution in [0, 0.1) is 0 Å². The molecule has 0 saturated heterocycles. The van der Waals surface area contributed by atoms with Gasteiger partial charge in [0, 0.05) is 26.0 Å². The van der Waals surface area contributed by atoms with E-state index in [9.17, 15) is 10.0 Å². The predicted molar refractivity (Wildman–Crippen MR) is 333 cm³/mol. The number of benzene rings is 14. The van der Waals surface area contributed by atoms with Crippen molar-refractivity contribution in [3.05, 3.63) is 271 Å². The Hall–Kier alpha value is -9.30. The van der Waals surface area contributed by atoms with Gasteiger partial charge < -0.3 is 18.9 Å². The molecule has 0 unspecified atom stereocenters. The fourth-order valence-electron chi connectivity index (χ4n) is 11.4. The van der Waals surface area contributed by atoms with Crippen molar-refractivity contribution in [1.82, 2.24) is 0 Å². The average Bonchev–Trinajstić information content (AvgIpc) is 0.937. The number of hydrogen-bond donors (Lipinski definition) is 2. The summed E-state index contributed by atoms with van der Waals surface area (Å²) in [5, 5.41) is 35.1. The van der Waals surface area contributed by atoms with Crippen LogP contribution in [0.3, 0.4) is 0 Å². The van der Waals surface area contributed by atoms with Crippen molar-refractivity contribution < 1.29 is 32.6 Å². The van der Waals surface area contributed by atoms with Gasteiger partial charge in [0.15, 0.2) is 0 Å². The van der Waals surface area contributed by atoms with E-state index < -0.39 is 31.3 Å². The van der Waals surface area contributed by atoms with Crippen LogP contribution < -0.4 is 5.46 Å². The van der Waals surface area contributed by atoms with Gasteiger partial charge >= 0.3 is 7.12 Å². The van der Waals surface area contributed by atoms with Crippen molar-refractivity contribution in [3.63, 3.8) is 0 Å². The highest BCUT2D eigenvalue weighted by Crippen LogP contribution is 2.46. The van der Waals surface area contributed by atoms with Crippen molar-refractivity contribution in [2.24, 2.45) is 0 Å². The molecule has 0 radical (unpaired) electrons. The summed E-state index contributed by atoms with van der Waals surface area (Å²) < 4.78 is 96.3. The zero-order chi connectivity index (χ0) is 61.0. The van der Waals surface area contributed by atoms with Gasteiger partial charge in [0.2, 0.25) is 0 Å². The zero-order valence-corrected chi connectivity index (χ0v) is 42.9. The van der Waals surface area contributed by atoms with Crippen LogP contribution in [0.25, 0.3) is 142 Å². The Morgan fingerprint density at radius 2 is 0.667 bits per heavy atom. The minimum Gasteiger partial charge on any atom is -0.456 e. The Bertz CT molecular complexity index is 5440. The van der Waals surface area contributed by atoms with Crippen LogP contribution in [0.2, 0.25) is 0 Å². The molecule has 0 aliphatic heterocycles. The Morgan fingerprint density at radius 1 is 0.321 bits per heavy atom. The molecule has 14 aromatic carbocycles. The monoisotopic (exact) mass is 1070 g/mol. The second kappa shape index (κ2) is 19.7. The van der Waals surface area contributed by atoms with E-state index in [0.717, 1.165) is 86.4 Å². The molecule has 4 nitrogen and oxygen atoms in total. The zero-order valence-electron chi connectivity index (χ0n) is 51.3. The van der Waals surface area contributed by atoms with Gasteiger partial charge in [-0.05, 0) is 146 Å². The second-order valence-electron chi connectivity index (χ2n) is 19.0. The Kier molecular flexibility index (Phi) is 9.45. The molecule has 0 amide bonds. The lowest BCUT2D eigenvalue weighted by Crippen LogP contribution is -2.31. The van der Waals surface area contributed by atoms with Gasteiger partial charge in [-0.25, -0.2) is 0 Å². The topological polar surface area (TPSA) is 66.7 Å². The summed E-state index contributed by atoms with van der Waals surface area (Å²) in [6.45, 7) is 0. The Morgan fingerprint density at radius 3 is 1.10 bits per heavy atom. The van der Waals surface area contributed by atoms with Gasteiger partial charge in [-0.15, -0.1) is 0 Å². The van der Waals surface area contributed by atoms with Crippen molar-refractivity contribution in [1.29, 1.82) is 0 Å². The molecular formula is C72H46BBrO4. The number of halogens is 1. The number of fused-ring (bicyclic) bond motifs is 14. The van der Waals surface area contributed by atoms with Crippen LogP contribution in [-0.2, 0) is 0 Å². The number of hydrogen-bond acceptors (Lipinski definition) is 4. The van der Waals surface area contributed by atoms with Crippen LogP contribution in [0.15, 0.2) is 280 Å². The minimum atomic E-state index is -1.72. The Labute approximate surface area is 472 Å². The summed E-state index contributed by atoms with van der Waals surface area (Å²) in [5.74, 6) is 0. The SMILES string of the molecule is Brc1ccc2oc3ccc4ccccc4c3c2c1.[2H]c1c([2H])c([2H])c(-c2c3ccccc3c(-c3ccc4oc5ccc6ccccc6c5c4c3)c3ccccc23)c([2H])c1[2H].[2H]c1c([2H])c([2H])c(-c2c3ccccc3c(B(O)O)c3ccccc23)c([2H])c1[2H]. The molecule has 0 bridgehead atoms. The van der Waals surface area contributed by atoms with Crippen LogP contribution in [0.4, 0.5) is 0 Å². The molecule has 0 saturated carbocycles. The lowest BCUT2D eigenvalue weighted by molar-refractivity contribution is 0.426. The molecule has 368 valence electrons. The average molecular weight is 1080 g/mol. The standard InChI is InChI=1S/C36H22O.C20H15BO2.C16H9BrO/c1-2-11-24(12-3-1)34-27-14-6-8-16-29(27)35(30-17-9-7-15-28(30)34)25-19-20-32-31(22-25)36-26-13-5-4-10-23(26)18-21-33(36)37-32;22-21(23)20-17-12-6-4-10-15(17)19(14-8-2-1-3-9-14)16-11-5-7-13-18(16)20;17-11-6-8-14-13(9-11)16-12-4-2-1-3-10(12)5-7-15(16)18-14/h1-22H;1-13,22-23H;1-9H/i1D,2D,3D,11D,12D;1D,2D,3D,8D,9D;. The Balaban J connectivity index is 0.000000127. The minimum absolute atomic E-state index is 0.0948. The fourth-order valence-corrected chi connectivity index (χ4v) is 11.8. The third kappa shape index (κ3) is 8.09. The van der Waals surface area contributed by atoms with E-state index in [1.165, 1.54) is 16.2 Å². The van der Waals surface area contributed by atoms with E-state index in [0.29, 0.717) is 38.1 Å². The fraction of sp³-hybridized carbons (Fsp3) is 0. The summed E-state index contributed by atoms with van der Waals surface area (Å²) >= 11 is 3.53. The van der Waals surface area contributed by atoms with E-state index in [1.807, 2.05) is 91.0 Å². The van der Waals surface area contributed by atoms with Crippen molar-refractivity contribution >= 4 is 137 Å². The van der Waals surface area contributed by atoms with Gasteiger partial charge in [-0.1, -0.05) is 240 Å². The maximum atomic E-state index is 10.0. The molecule has 0 fully saturated rings. The highest BCUT2D eigenvalue weighted by Gasteiger charge is 2.23. The van der Waals surface area contributed by atoms with Crippen LogP contribution in [-0.4, -0.2) is 17.2 Å². The maximum Gasteiger partial charge on any atom is 0.489 e. The molecular weight excluding hydrogens is 1020 g/mol. The van der Waals surface area contributed by atoms with E-state index in [4.69, 9.17) is 22.5 Å². The van der Waals surface area contributed by atoms with Gasteiger partial charge in [-0.3, -0.25) is 0 Å². The normalized spacial score (nSPS) is 13.3. The predicted octanol–water partition coefficient (Wildman–Crippen LogP) is 19.2. The van der Waals surface area contributed by atoms with Gasteiger partial charge in [0.1, 0.15) is 22.3 Å². The van der Waals surface area contributed by atoms with Gasteiger partial charge in [0.25, 0.3) is 0 Å². The van der Waals surface area contributed by atoms with Crippen molar-refractivity contribution in [3.8, 4) is 33.4 Å². The molecule has 16 rings (SSSR count). The van der Waals surface area contributed by atoms with Crippen LogP contribution in [0.5, 0.6) is 0 Å². The van der Waals surface area contributed by atoms with Crippen LogP contribution in [0.1, 0.15) is 13.7 Å². The molecule has 78 heavy (non-hydrogen) atoms. The first-order chi connectivity index (χ1) is 42.6. The van der Waals surface area contributed by atoms with E-state index in [2.05, 4.69) is 82.7 Å². The van der Waals surface area contributed by atoms with Gasteiger partial charge in [0.05, 0.1) is 13.7 Å². The molecule has 0 spiro atoms. The van der Waals surface area contributed by atoms with E-state index in [1.54, 1.807) is 48.5 Å². The van der Waals surface area contributed by atoms with E-state index in [-0.39, 0.29) is 47.4 Å². The number of rotatable bonds is 4. The molecule has 2 aromatic heterocycles. The highest BCUT2D eigenvalue weighted by molar-refractivity contribution is 9.10. The molecule has 0 aliphatic rings. The van der Waals surface area contributed by atoms with Crippen molar-refractivity contribution in [2.45, 2.75) is 0 Å². The largest absolute Gasteiger partial charge is 0.489 e. The summed E-state index contributed by atoms with van der Waals surface area (Å²) in [5.41, 5.74) is 7.32. The first-order valence-corrected chi connectivity index (χ1v) is 26.1. The lowest BCUT2D eigenvalue weighted by atomic mass is 9.72. The highest BCUT2D eigenvalue weighted by atomic mass is 79.9. The quantitative estimate of drug-likeness (QED) is 0.136. The third-order valence-electron chi connectivity index (χ3n) is 14.6. The smallest absolute Gasteiger partial charge is 0.456 e. The summed E-state index contributed by atoms with van der Waals surface area (Å²) in [4.78, 5) is 0. The van der Waals surface area contributed by atoms with Crippen molar-refractivity contribution in [2.75, 3.05) is 0 Å². The molecule has 2 N–H and O–H groups in total. The first-order valence-electron chi connectivity index (χ1n) is 30.3.